The summed E-state index contributed by atoms with van der Waals surface area (Å²) in [5.74, 6) is 0.654. The van der Waals surface area contributed by atoms with E-state index in [9.17, 15) is 4.39 Å². The zero-order valence-corrected chi connectivity index (χ0v) is 11.7. The molecule has 0 radical (unpaired) electrons. The first-order chi connectivity index (χ1) is 8.61. The van der Waals surface area contributed by atoms with Gasteiger partial charge in [0, 0.05) is 4.90 Å². The van der Waals surface area contributed by atoms with Crippen LogP contribution in [0.5, 0.6) is 0 Å². The van der Waals surface area contributed by atoms with E-state index in [1.165, 1.54) is 17.8 Å². The molecule has 0 amide bonds. The predicted octanol–water partition coefficient (Wildman–Crippen LogP) is 3.59. The van der Waals surface area contributed by atoms with Crippen LogP contribution in [-0.2, 0) is 0 Å². The van der Waals surface area contributed by atoms with Crippen molar-refractivity contribution in [2.24, 2.45) is 0 Å². The average Bonchev–Trinajstić information content (AvgIpc) is 2.37. The van der Waals surface area contributed by atoms with Gasteiger partial charge in [0.15, 0.2) is 0 Å². The Hall–Kier alpha value is -1.05. The van der Waals surface area contributed by atoms with Gasteiger partial charge in [-0.25, -0.2) is 4.39 Å². The lowest BCUT2D eigenvalue weighted by atomic mass is 9.98. The van der Waals surface area contributed by atoms with Crippen LogP contribution in [0.3, 0.4) is 0 Å². The molecular weight excluding hydrogens is 247 g/mol. The van der Waals surface area contributed by atoms with Crippen LogP contribution in [0.25, 0.3) is 0 Å². The van der Waals surface area contributed by atoms with E-state index in [-0.39, 0.29) is 5.82 Å². The Bertz CT molecular complexity index is 417. The van der Waals surface area contributed by atoms with E-state index < -0.39 is 5.54 Å². The van der Waals surface area contributed by atoms with E-state index >= 15 is 0 Å². The van der Waals surface area contributed by atoms with Gasteiger partial charge in [-0.05, 0) is 44.2 Å². The Labute approximate surface area is 113 Å². The summed E-state index contributed by atoms with van der Waals surface area (Å²) < 4.78 is 13.4. The Kier molecular flexibility index (Phi) is 6.17. The molecule has 0 fully saturated rings. The van der Waals surface area contributed by atoms with Crippen LogP contribution in [0.4, 0.5) is 4.39 Å². The van der Waals surface area contributed by atoms with Gasteiger partial charge in [-0.2, -0.15) is 5.26 Å². The minimum absolute atomic E-state index is 0.169. The molecule has 0 saturated carbocycles. The summed E-state index contributed by atoms with van der Waals surface area (Å²) in [5.41, 5.74) is -0.468. The van der Waals surface area contributed by atoms with Crippen molar-refractivity contribution in [1.82, 2.24) is 5.32 Å². The summed E-state index contributed by atoms with van der Waals surface area (Å²) >= 11 is 1.50. The molecule has 0 aromatic heterocycles. The highest BCUT2D eigenvalue weighted by atomic mass is 32.2. The normalized spacial score (nSPS) is 13.9. The monoisotopic (exact) mass is 266 g/mol. The van der Waals surface area contributed by atoms with Crippen LogP contribution in [0, 0.1) is 17.1 Å². The zero-order valence-electron chi connectivity index (χ0n) is 10.9. The van der Waals surface area contributed by atoms with E-state index in [0.717, 1.165) is 25.1 Å². The van der Waals surface area contributed by atoms with Gasteiger partial charge >= 0.3 is 0 Å². The molecule has 0 spiro atoms. The number of nitrogens with zero attached hydrogens (tertiary/aromatic N) is 1. The fourth-order valence-corrected chi connectivity index (χ4v) is 2.63. The van der Waals surface area contributed by atoms with E-state index in [4.69, 9.17) is 5.26 Å². The first kappa shape index (κ1) is 15.0. The SMILES string of the molecule is CCNC(C)(C#N)CCCSc1ccccc1F. The second-order valence-electron chi connectivity index (χ2n) is 4.36. The van der Waals surface area contributed by atoms with Gasteiger partial charge < -0.3 is 0 Å². The molecule has 18 heavy (non-hydrogen) atoms. The maximum Gasteiger partial charge on any atom is 0.136 e. The van der Waals surface area contributed by atoms with Crippen molar-refractivity contribution >= 4 is 11.8 Å². The second-order valence-corrected chi connectivity index (χ2v) is 5.49. The van der Waals surface area contributed by atoms with E-state index in [0.29, 0.717) is 4.90 Å². The number of hydrogen-bond donors (Lipinski definition) is 1. The summed E-state index contributed by atoms with van der Waals surface area (Å²) in [6.07, 6.45) is 1.66. The molecular formula is C14H19FN2S. The highest BCUT2D eigenvalue weighted by Crippen LogP contribution is 2.23. The Balaban J connectivity index is 2.35. The molecule has 1 rings (SSSR count). The maximum absolute atomic E-state index is 13.4. The maximum atomic E-state index is 13.4. The molecule has 0 saturated heterocycles. The third-order valence-corrected chi connectivity index (χ3v) is 3.86. The van der Waals surface area contributed by atoms with E-state index in [1.54, 1.807) is 12.1 Å². The van der Waals surface area contributed by atoms with Crippen LogP contribution in [0.2, 0.25) is 0 Å². The molecule has 1 unspecified atom stereocenters. The van der Waals surface area contributed by atoms with Crippen molar-refractivity contribution < 1.29 is 4.39 Å². The Morgan fingerprint density at radius 2 is 2.17 bits per heavy atom. The Morgan fingerprint density at radius 3 is 2.78 bits per heavy atom. The fourth-order valence-electron chi connectivity index (χ4n) is 1.74. The topological polar surface area (TPSA) is 35.8 Å². The van der Waals surface area contributed by atoms with Crippen molar-refractivity contribution in [3.05, 3.63) is 30.1 Å². The number of rotatable bonds is 7. The Morgan fingerprint density at radius 1 is 1.44 bits per heavy atom. The quantitative estimate of drug-likeness (QED) is 0.605. The van der Waals surface area contributed by atoms with Gasteiger partial charge in [0.2, 0.25) is 0 Å². The van der Waals surface area contributed by atoms with Crippen LogP contribution >= 0.6 is 11.8 Å². The molecule has 1 aromatic carbocycles. The number of hydrogen-bond acceptors (Lipinski definition) is 3. The molecule has 2 nitrogen and oxygen atoms in total. The molecule has 98 valence electrons. The van der Waals surface area contributed by atoms with Gasteiger partial charge in [0.1, 0.15) is 11.4 Å². The number of nitrogens with one attached hydrogen (secondary N) is 1. The lowest BCUT2D eigenvalue weighted by Gasteiger charge is -2.22. The minimum Gasteiger partial charge on any atom is -0.300 e. The second kappa shape index (κ2) is 7.40. The fraction of sp³-hybridized carbons (Fsp3) is 0.500. The molecule has 0 heterocycles. The van der Waals surface area contributed by atoms with Gasteiger partial charge in [-0.15, -0.1) is 11.8 Å². The third kappa shape index (κ3) is 4.67. The van der Waals surface area contributed by atoms with Crippen LogP contribution in [0.15, 0.2) is 29.2 Å². The summed E-state index contributed by atoms with van der Waals surface area (Å²) in [6, 6.07) is 9.08. The van der Waals surface area contributed by atoms with Gasteiger partial charge in [0.25, 0.3) is 0 Å². The molecule has 4 heteroatoms. The lowest BCUT2D eigenvalue weighted by Crippen LogP contribution is -2.40. The summed E-state index contributed by atoms with van der Waals surface area (Å²) in [6.45, 7) is 4.68. The number of nitriles is 1. The average molecular weight is 266 g/mol. The van der Waals surface area contributed by atoms with Gasteiger partial charge in [-0.1, -0.05) is 19.1 Å². The zero-order chi connectivity index (χ0) is 13.4. The smallest absolute Gasteiger partial charge is 0.136 e. The summed E-state index contributed by atoms with van der Waals surface area (Å²) in [5, 5.41) is 12.3. The minimum atomic E-state index is -0.468. The largest absolute Gasteiger partial charge is 0.300 e. The molecule has 0 aliphatic carbocycles. The van der Waals surface area contributed by atoms with Crippen LogP contribution < -0.4 is 5.32 Å². The first-order valence-electron chi connectivity index (χ1n) is 6.15. The van der Waals surface area contributed by atoms with Gasteiger partial charge in [-0.3, -0.25) is 5.32 Å². The number of benzene rings is 1. The first-order valence-corrected chi connectivity index (χ1v) is 7.13. The molecule has 0 aliphatic rings. The van der Waals surface area contributed by atoms with Crippen molar-refractivity contribution in [3.63, 3.8) is 0 Å². The molecule has 0 bridgehead atoms. The standard InChI is InChI=1S/C14H19FN2S/c1-3-17-14(2,11-16)9-6-10-18-13-8-5-4-7-12(13)15/h4-5,7-8,17H,3,6,9-10H2,1-2H3. The lowest BCUT2D eigenvalue weighted by molar-refractivity contribution is 0.426. The van der Waals surface area contributed by atoms with E-state index in [1.807, 2.05) is 19.9 Å². The number of thioether (sulfide) groups is 1. The van der Waals surface area contributed by atoms with Crippen molar-refractivity contribution in [1.29, 1.82) is 5.26 Å². The summed E-state index contributed by atoms with van der Waals surface area (Å²) in [7, 11) is 0. The molecule has 1 atom stereocenters. The van der Waals surface area contributed by atoms with Crippen LogP contribution in [0.1, 0.15) is 26.7 Å². The molecule has 0 aliphatic heterocycles. The van der Waals surface area contributed by atoms with Crippen molar-refractivity contribution in [2.45, 2.75) is 37.1 Å². The summed E-state index contributed by atoms with van der Waals surface area (Å²) in [4.78, 5) is 0.680. The van der Waals surface area contributed by atoms with Gasteiger partial charge in [0.05, 0.1) is 6.07 Å². The molecule has 1 aromatic rings. The highest BCUT2D eigenvalue weighted by molar-refractivity contribution is 7.99. The third-order valence-electron chi connectivity index (χ3n) is 2.73. The highest BCUT2D eigenvalue weighted by Gasteiger charge is 2.21. The van der Waals surface area contributed by atoms with Crippen molar-refractivity contribution in [3.8, 4) is 6.07 Å². The van der Waals surface area contributed by atoms with Crippen LogP contribution in [-0.4, -0.2) is 17.8 Å². The van der Waals surface area contributed by atoms with Crippen molar-refractivity contribution in [2.75, 3.05) is 12.3 Å². The predicted molar refractivity (Wildman–Crippen MR) is 74.1 cm³/mol. The molecule has 1 N–H and O–H groups in total. The number of halogens is 1. The van der Waals surface area contributed by atoms with E-state index in [2.05, 4.69) is 11.4 Å².